The molecular weight excluding hydrogens is 503 g/mol. The van der Waals surface area contributed by atoms with Gasteiger partial charge in [-0.15, -0.1) is 0 Å². The fourth-order valence-corrected chi connectivity index (χ4v) is 4.39. The fourth-order valence-electron chi connectivity index (χ4n) is 4.39. The van der Waals surface area contributed by atoms with Gasteiger partial charge < -0.3 is 19.1 Å². The van der Waals surface area contributed by atoms with Gasteiger partial charge in [-0.25, -0.2) is 13.6 Å². The number of nitrogens with zero attached hydrogens (tertiary/aromatic N) is 4. The lowest BCUT2D eigenvalue weighted by Crippen LogP contribution is -2.55. The van der Waals surface area contributed by atoms with E-state index >= 15 is 0 Å². The number of morpholine rings is 1. The summed E-state index contributed by atoms with van der Waals surface area (Å²) in [4.78, 5) is 22.0. The van der Waals surface area contributed by atoms with E-state index in [2.05, 4.69) is 14.9 Å². The van der Waals surface area contributed by atoms with Gasteiger partial charge in [0.05, 0.1) is 36.6 Å². The van der Waals surface area contributed by atoms with Crippen molar-refractivity contribution in [3.05, 3.63) is 69.9 Å². The van der Waals surface area contributed by atoms with Crippen molar-refractivity contribution in [2.24, 2.45) is 0 Å². The van der Waals surface area contributed by atoms with Gasteiger partial charge in [-0.05, 0) is 37.6 Å². The van der Waals surface area contributed by atoms with Gasteiger partial charge in [0.15, 0.2) is 17.4 Å². The Hall–Kier alpha value is -3.74. The molecule has 13 heteroatoms. The highest BCUT2D eigenvalue weighted by Crippen LogP contribution is 2.37. The van der Waals surface area contributed by atoms with Crippen LogP contribution in [0.4, 0.5) is 27.8 Å². The Labute approximate surface area is 207 Å². The van der Waals surface area contributed by atoms with Crippen LogP contribution in [0.25, 0.3) is 0 Å². The van der Waals surface area contributed by atoms with Gasteiger partial charge >= 0.3 is 11.9 Å². The van der Waals surface area contributed by atoms with Crippen LogP contribution < -0.4 is 20.1 Å². The van der Waals surface area contributed by atoms with E-state index in [1.54, 1.807) is 6.07 Å². The summed E-state index contributed by atoms with van der Waals surface area (Å²) in [5.74, 6) is -3.09. The van der Waals surface area contributed by atoms with Gasteiger partial charge in [0.2, 0.25) is 5.88 Å². The summed E-state index contributed by atoms with van der Waals surface area (Å²) >= 11 is 0. The third-order valence-electron chi connectivity index (χ3n) is 6.22. The zero-order valence-corrected chi connectivity index (χ0v) is 19.7. The summed E-state index contributed by atoms with van der Waals surface area (Å²) < 4.78 is 85.7. The van der Waals surface area contributed by atoms with Crippen LogP contribution in [0.3, 0.4) is 0 Å². The van der Waals surface area contributed by atoms with Gasteiger partial charge in [0, 0.05) is 18.8 Å². The van der Waals surface area contributed by atoms with E-state index in [1.807, 2.05) is 13.8 Å². The van der Waals surface area contributed by atoms with Crippen molar-refractivity contribution >= 4 is 5.82 Å². The monoisotopic (exact) mass is 524 g/mol. The van der Waals surface area contributed by atoms with E-state index in [0.717, 1.165) is 18.3 Å². The van der Waals surface area contributed by atoms with Crippen LogP contribution in [-0.4, -0.2) is 39.3 Å². The summed E-state index contributed by atoms with van der Waals surface area (Å²) in [7, 11) is 0. The average Bonchev–Trinajstić information content (AvgIpc) is 3.12. The number of anilines is 1. The number of fused-ring (bicyclic) bond motifs is 3. The molecule has 196 valence electrons. The Balaban J connectivity index is 1.33. The van der Waals surface area contributed by atoms with Crippen molar-refractivity contribution in [3.8, 4) is 17.4 Å². The number of benzene rings is 1. The first kappa shape index (κ1) is 24.9. The highest BCUT2D eigenvalue weighted by molar-refractivity contribution is 5.50. The minimum atomic E-state index is -4.70. The molecule has 1 fully saturated rings. The molecule has 0 spiro atoms. The van der Waals surface area contributed by atoms with E-state index in [0.29, 0.717) is 37.8 Å². The first-order valence-corrected chi connectivity index (χ1v) is 11.2. The summed E-state index contributed by atoms with van der Waals surface area (Å²) in [6.07, 6.45) is -3.26. The molecule has 0 saturated carbocycles. The smallest absolute Gasteiger partial charge is 0.418 e. The number of alkyl halides is 3. The van der Waals surface area contributed by atoms with Crippen LogP contribution in [0.15, 0.2) is 41.5 Å². The maximum absolute atomic E-state index is 14.6. The lowest BCUT2D eigenvalue weighted by atomic mass is 10.0. The van der Waals surface area contributed by atoms with Crippen molar-refractivity contribution in [2.75, 3.05) is 18.1 Å². The lowest BCUT2D eigenvalue weighted by molar-refractivity contribution is -0.137. The van der Waals surface area contributed by atoms with E-state index < -0.39 is 46.1 Å². The Morgan fingerprint density at radius 1 is 1.16 bits per heavy atom. The molecule has 2 aromatic heterocycles. The predicted octanol–water partition coefficient (Wildman–Crippen LogP) is 4.30. The first-order chi connectivity index (χ1) is 17.4. The molecule has 0 N–H and O–H groups in total. The van der Waals surface area contributed by atoms with E-state index in [-0.39, 0.29) is 24.2 Å². The van der Waals surface area contributed by atoms with E-state index in [9.17, 15) is 26.7 Å². The standard InChI is InChI=1S/C24H21F5N4O4/c1-13-9-33-20-6-19(31-22(34)32(20)11-23(33,2)12-36-13)35-10-14-3-17(25)21(18(26)4-14)37-16-5-15(7-30-8-16)24(27,28)29/h3-8,13H,9-12H2,1-2H3/t13-,23+/m0/s1. The second kappa shape index (κ2) is 8.98. The first-order valence-electron chi connectivity index (χ1n) is 11.2. The summed E-state index contributed by atoms with van der Waals surface area (Å²) in [5, 5.41) is 0. The highest BCUT2D eigenvalue weighted by atomic mass is 19.4. The Kier molecular flexibility index (Phi) is 6.05. The second-order valence-electron chi connectivity index (χ2n) is 9.24. The van der Waals surface area contributed by atoms with Crippen LogP contribution in [-0.2, 0) is 24.1 Å². The number of hydrogen-bond donors (Lipinski definition) is 0. The predicted molar refractivity (Wildman–Crippen MR) is 120 cm³/mol. The number of rotatable bonds is 5. The molecule has 1 saturated heterocycles. The Bertz CT molecular complexity index is 1390. The lowest BCUT2D eigenvalue weighted by Gasteiger charge is -2.42. The van der Waals surface area contributed by atoms with Crippen molar-refractivity contribution in [3.63, 3.8) is 0 Å². The molecular formula is C24H21F5N4O4. The number of pyridine rings is 1. The van der Waals surface area contributed by atoms with Crippen molar-refractivity contribution in [1.82, 2.24) is 14.5 Å². The molecule has 0 radical (unpaired) electrons. The molecule has 3 aromatic rings. The van der Waals surface area contributed by atoms with Gasteiger partial charge in [0.25, 0.3) is 0 Å². The molecule has 5 rings (SSSR count). The van der Waals surface area contributed by atoms with Crippen molar-refractivity contribution in [2.45, 2.75) is 44.8 Å². The largest absolute Gasteiger partial charge is 0.473 e. The minimum Gasteiger partial charge on any atom is -0.473 e. The number of ether oxygens (including phenoxy) is 3. The third-order valence-corrected chi connectivity index (χ3v) is 6.22. The number of halogens is 5. The topological polar surface area (TPSA) is 78.7 Å². The second-order valence-corrected chi connectivity index (χ2v) is 9.24. The zero-order valence-electron chi connectivity index (χ0n) is 19.7. The van der Waals surface area contributed by atoms with Crippen LogP contribution in [0.2, 0.25) is 0 Å². The zero-order chi connectivity index (χ0) is 26.5. The van der Waals surface area contributed by atoms with Crippen molar-refractivity contribution < 1.29 is 36.2 Å². The molecule has 0 aliphatic carbocycles. The molecule has 0 amide bonds. The molecule has 1 aromatic carbocycles. The fraction of sp³-hybridized carbons (Fsp3) is 0.375. The molecule has 2 aliphatic rings. The summed E-state index contributed by atoms with van der Waals surface area (Å²) in [5.41, 5.74) is -2.00. The Morgan fingerprint density at radius 3 is 2.59 bits per heavy atom. The molecule has 0 unspecified atom stereocenters. The molecule has 8 nitrogen and oxygen atoms in total. The van der Waals surface area contributed by atoms with Crippen LogP contribution in [0.5, 0.6) is 17.4 Å². The normalized spacial score (nSPS) is 20.9. The molecule has 37 heavy (non-hydrogen) atoms. The average molecular weight is 524 g/mol. The van der Waals surface area contributed by atoms with E-state index in [4.69, 9.17) is 14.2 Å². The quantitative estimate of drug-likeness (QED) is 0.461. The van der Waals surface area contributed by atoms with Gasteiger partial charge in [0.1, 0.15) is 18.2 Å². The molecule has 0 bridgehead atoms. The van der Waals surface area contributed by atoms with Gasteiger partial charge in [-0.3, -0.25) is 9.55 Å². The summed E-state index contributed by atoms with van der Waals surface area (Å²) in [6, 6.07) is 4.01. The van der Waals surface area contributed by atoms with Crippen LogP contribution >= 0.6 is 0 Å². The number of aromatic nitrogens is 3. The maximum atomic E-state index is 14.6. The molecule has 4 heterocycles. The van der Waals surface area contributed by atoms with Gasteiger partial charge in [-0.1, -0.05) is 0 Å². The molecule has 2 aliphatic heterocycles. The maximum Gasteiger partial charge on any atom is 0.418 e. The van der Waals surface area contributed by atoms with Crippen molar-refractivity contribution in [1.29, 1.82) is 0 Å². The highest BCUT2D eigenvalue weighted by Gasteiger charge is 2.45. The SMILES string of the molecule is C[C@H]1CN2c3cc(OCc4cc(F)c(Oc5cncc(C(F)(F)F)c5)c(F)c4)nc(=O)n3C[C@]2(C)CO1. The minimum absolute atomic E-state index is 0.0178. The van der Waals surface area contributed by atoms with E-state index in [1.165, 1.54) is 4.57 Å². The summed E-state index contributed by atoms with van der Waals surface area (Å²) in [6.45, 7) is 5.00. The third kappa shape index (κ3) is 4.82. The van der Waals surface area contributed by atoms with Crippen LogP contribution in [0.1, 0.15) is 25.0 Å². The number of hydrogen-bond acceptors (Lipinski definition) is 7. The molecule has 2 atom stereocenters. The Morgan fingerprint density at radius 2 is 1.89 bits per heavy atom. The van der Waals surface area contributed by atoms with Crippen LogP contribution in [0, 0.1) is 11.6 Å². The van der Waals surface area contributed by atoms with Gasteiger partial charge in [-0.2, -0.15) is 18.2 Å².